The maximum absolute atomic E-state index is 12.5. The maximum atomic E-state index is 12.5. The van der Waals surface area contributed by atoms with Crippen LogP contribution in [-0.4, -0.2) is 17.4 Å². The number of rotatable bonds is 4. The number of benzene rings is 1. The molecule has 0 spiro atoms. The van der Waals surface area contributed by atoms with Gasteiger partial charge in [-0.15, -0.1) is 0 Å². The summed E-state index contributed by atoms with van der Waals surface area (Å²) in [5, 5.41) is 9.15. The Labute approximate surface area is 141 Å². The number of nitrogens with zero attached hydrogens (tertiary/aromatic N) is 2. The summed E-state index contributed by atoms with van der Waals surface area (Å²) in [6.07, 6.45) is 2.35. The zero-order valence-corrected chi connectivity index (χ0v) is 15.1. The highest BCUT2D eigenvalue weighted by molar-refractivity contribution is 9.10. The standard InChI is InChI=1S/C18H23BrN2O/c1-13(15-4-6-16(19)7-5-15)21-9-8-14(10-17(21)22)11-18(2,3)12-20/h4-7,13-14H,8-11H2,1-3H3. The Morgan fingerprint density at radius 1 is 1.41 bits per heavy atom. The first-order valence-electron chi connectivity index (χ1n) is 7.78. The van der Waals surface area contributed by atoms with Crippen molar-refractivity contribution in [3.63, 3.8) is 0 Å². The predicted octanol–water partition coefficient (Wildman–Crippen LogP) is 4.69. The summed E-state index contributed by atoms with van der Waals surface area (Å²) in [5.74, 6) is 0.538. The monoisotopic (exact) mass is 362 g/mol. The van der Waals surface area contributed by atoms with Gasteiger partial charge in [0.05, 0.1) is 17.5 Å². The minimum absolute atomic E-state index is 0.102. The second-order valence-corrected chi connectivity index (χ2v) is 7.79. The van der Waals surface area contributed by atoms with Crippen LogP contribution in [0.1, 0.15) is 51.6 Å². The van der Waals surface area contributed by atoms with Gasteiger partial charge < -0.3 is 4.90 Å². The summed E-state index contributed by atoms with van der Waals surface area (Å²) in [7, 11) is 0. The first-order valence-corrected chi connectivity index (χ1v) is 8.58. The quantitative estimate of drug-likeness (QED) is 0.779. The Hall–Kier alpha value is -1.34. The van der Waals surface area contributed by atoms with Crippen LogP contribution in [-0.2, 0) is 4.79 Å². The van der Waals surface area contributed by atoms with Gasteiger partial charge in [-0.2, -0.15) is 5.26 Å². The molecule has 0 bridgehead atoms. The summed E-state index contributed by atoms with van der Waals surface area (Å²) < 4.78 is 1.05. The van der Waals surface area contributed by atoms with Gasteiger partial charge in [-0.25, -0.2) is 0 Å². The fraction of sp³-hybridized carbons (Fsp3) is 0.556. The van der Waals surface area contributed by atoms with E-state index < -0.39 is 0 Å². The van der Waals surface area contributed by atoms with Crippen LogP contribution in [0.25, 0.3) is 0 Å². The molecule has 22 heavy (non-hydrogen) atoms. The van der Waals surface area contributed by atoms with Gasteiger partial charge >= 0.3 is 0 Å². The number of halogens is 1. The van der Waals surface area contributed by atoms with Crippen LogP contribution in [0.4, 0.5) is 0 Å². The zero-order valence-electron chi connectivity index (χ0n) is 13.5. The molecule has 2 unspecified atom stereocenters. The summed E-state index contributed by atoms with van der Waals surface area (Å²) in [5.41, 5.74) is 0.817. The molecule has 0 aliphatic carbocycles. The fourth-order valence-electron chi connectivity index (χ4n) is 3.19. The lowest BCUT2D eigenvalue weighted by atomic mass is 9.79. The average Bonchev–Trinajstić information content (AvgIpc) is 2.47. The van der Waals surface area contributed by atoms with Gasteiger partial charge in [0.15, 0.2) is 0 Å². The second kappa shape index (κ2) is 6.83. The van der Waals surface area contributed by atoms with E-state index in [0.29, 0.717) is 12.3 Å². The highest BCUT2D eigenvalue weighted by atomic mass is 79.9. The predicted molar refractivity (Wildman–Crippen MR) is 91.0 cm³/mol. The van der Waals surface area contributed by atoms with Crippen LogP contribution in [0, 0.1) is 22.7 Å². The summed E-state index contributed by atoms with van der Waals surface area (Å²) >= 11 is 3.44. The minimum Gasteiger partial charge on any atom is -0.336 e. The Morgan fingerprint density at radius 2 is 2.05 bits per heavy atom. The molecule has 3 nitrogen and oxygen atoms in total. The van der Waals surface area contributed by atoms with Crippen LogP contribution in [0.5, 0.6) is 0 Å². The number of carbonyl (C=O) groups excluding carboxylic acids is 1. The molecule has 1 aromatic carbocycles. The highest BCUT2D eigenvalue weighted by Crippen LogP contribution is 2.34. The van der Waals surface area contributed by atoms with Crippen molar-refractivity contribution in [2.24, 2.45) is 11.3 Å². The van der Waals surface area contributed by atoms with Crippen LogP contribution in [0.15, 0.2) is 28.7 Å². The number of hydrogen-bond donors (Lipinski definition) is 0. The lowest BCUT2D eigenvalue weighted by Gasteiger charge is -2.37. The largest absolute Gasteiger partial charge is 0.336 e. The van der Waals surface area contributed by atoms with Crippen LogP contribution < -0.4 is 0 Å². The lowest BCUT2D eigenvalue weighted by Crippen LogP contribution is -2.41. The van der Waals surface area contributed by atoms with Crippen molar-refractivity contribution in [2.45, 2.75) is 46.1 Å². The Balaban J connectivity index is 2.00. The van der Waals surface area contributed by atoms with E-state index in [1.54, 1.807) is 0 Å². The van der Waals surface area contributed by atoms with Gasteiger partial charge in [0.25, 0.3) is 0 Å². The third kappa shape index (κ3) is 4.10. The molecule has 1 aromatic rings. The van der Waals surface area contributed by atoms with Crippen LogP contribution in [0.2, 0.25) is 0 Å². The fourth-order valence-corrected chi connectivity index (χ4v) is 3.45. The van der Waals surface area contributed by atoms with Gasteiger partial charge in [0.2, 0.25) is 5.91 Å². The molecule has 0 saturated carbocycles. The molecular weight excluding hydrogens is 340 g/mol. The molecule has 118 valence electrons. The number of nitriles is 1. The normalized spacial score (nSPS) is 20.6. The molecule has 0 N–H and O–H groups in total. The van der Waals surface area contributed by atoms with E-state index >= 15 is 0 Å². The SMILES string of the molecule is CC(c1ccc(Br)cc1)N1CCC(CC(C)(C)C#N)CC1=O. The van der Waals surface area contributed by atoms with Crippen molar-refractivity contribution in [1.29, 1.82) is 5.26 Å². The van der Waals surface area contributed by atoms with E-state index in [4.69, 9.17) is 5.26 Å². The van der Waals surface area contributed by atoms with Gasteiger partial charge in [-0.05, 0) is 57.2 Å². The third-order valence-corrected chi connectivity index (χ3v) is 5.01. The molecule has 1 saturated heterocycles. The molecule has 1 amide bonds. The molecular formula is C18H23BrN2O. The number of carbonyl (C=O) groups is 1. The number of likely N-dealkylation sites (tertiary alicyclic amines) is 1. The van der Waals surface area contributed by atoms with Gasteiger partial charge in [0.1, 0.15) is 0 Å². The lowest BCUT2D eigenvalue weighted by molar-refractivity contribution is -0.137. The smallest absolute Gasteiger partial charge is 0.223 e. The van der Waals surface area contributed by atoms with Crippen molar-refractivity contribution in [3.05, 3.63) is 34.3 Å². The van der Waals surface area contributed by atoms with E-state index in [1.807, 2.05) is 30.9 Å². The van der Waals surface area contributed by atoms with Crippen molar-refractivity contribution in [3.8, 4) is 6.07 Å². The minimum atomic E-state index is -0.343. The average molecular weight is 363 g/mol. The molecule has 4 heteroatoms. The van der Waals surface area contributed by atoms with Gasteiger partial charge in [0, 0.05) is 17.4 Å². The molecule has 2 atom stereocenters. The van der Waals surface area contributed by atoms with Crippen LogP contribution in [0.3, 0.4) is 0 Å². The molecule has 2 rings (SSSR count). The Bertz CT molecular complexity index is 574. The molecule has 1 fully saturated rings. The van der Waals surface area contributed by atoms with Crippen LogP contribution >= 0.6 is 15.9 Å². The number of amides is 1. The second-order valence-electron chi connectivity index (χ2n) is 6.87. The Kier molecular flexibility index (Phi) is 5.28. The van der Waals surface area contributed by atoms with Gasteiger partial charge in [-0.3, -0.25) is 4.79 Å². The van der Waals surface area contributed by atoms with E-state index in [-0.39, 0.29) is 17.4 Å². The third-order valence-electron chi connectivity index (χ3n) is 4.48. The van der Waals surface area contributed by atoms with Crippen molar-refractivity contribution in [1.82, 2.24) is 4.90 Å². The van der Waals surface area contributed by atoms with Crippen molar-refractivity contribution < 1.29 is 4.79 Å². The summed E-state index contributed by atoms with van der Waals surface area (Å²) in [6.45, 7) is 6.77. The summed E-state index contributed by atoms with van der Waals surface area (Å²) in [6, 6.07) is 10.6. The number of piperidine rings is 1. The molecule has 1 aliphatic heterocycles. The topological polar surface area (TPSA) is 44.1 Å². The van der Waals surface area contributed by atoms with Gasteiger partial charge in [-0.1, -0.05) is 28.1 Å². The summed E-state index contributed by atoms with van der Waals surface area (Å²) in [4.78, 5) is 14.5. The molecule has 1 heterocycles. The van der Waals surface area contributed by atoms with Crippen molar-refractivity contribution in [2.75, 3.05) is 6.54 Å². The van der Waals surface area contributed by atoms with E-state index in [0.717, 1.165) is 29.4 Å². The van der Waals surface area contributed by atoms with E-state index in [2.05, 4.69) is 41.1 Å². The van der Waals surface area contributed by atoms with E-state index in [1.165, 1.54) is 0 Å². The zero-order chi connectivity index (χ0) is 16.3. The molecule has 1 aliphatic rings. The molecule has 0 aromatic heterocycles. The molecule has 0 radical (unpaired) electrons. The Morgan fingerprint density at radius 3 is 2.59 bits per heavy atom. The van der Waals surface area contributed by atoms with E-state index in [9.17, 15) is 4.79 Å². The number of hydrogen-bond acceptors (Lipinski definition) is 2. The highest BCUT2D eigenvalue weighted by Gasteiger charge is 2.32. The maximum Gasteiger partial charge on any atom is 0.223 e. The van der Waals surface area contributed by atoms with Crippen molar-refractivity contribution >= 4 is 21.8 Å². The first kappa shape index (κ1) is 17.0. The first-order chi connectivity index (χ1) is 10.3.